The van der Waals surface area contributed by atoms with Gasteiger partial charge in [-0.3, -0.25) is 24.2 Å². The van der Waals surface area contributed by atoms with Gasteiger partial charge >= 0.3 is 0 Å². The van der Waals surface area contributed by atoms with E-state index < -0.39 is 95.9 Å². The Morgan fingerprint density at radius 3 is 1.27 bits per heavy atom. The molecule has 6 aromatic carbocycles. The van der Waals surface area contributed by atoms with Crippen molar-refractivity contribution in [3.05, 3.63) is 202 Å². The summed E-state index contributed by atoms with van der Waals surface area (Å²) in [5.41, 5.74) is -0.965. The molecule has 4 aliphatic heterocycles. The van der Waals surface area contributed by atoms with E-state index in [9.17, 15) is 27.0 Å². The van der Waals surface area contributed by atoms with Crippen LogP contribution in [0.15, 0.2) is 146 Å². The van der Waals surface area contributed by atoms with E-state index in [4.69, 9.17) is 0 Å². The molecular formula is C69H82F2N6O9S2. The van der Waals surface area contributed by atoms with Crippen LogP contribution in [-0.4, -0.2) is 155 Å². The predicted molar refractivity (Wildman–Crippen MR) is 337 cm³/mol. The molecule has 4 fully saturated rings. The number of halogens is 2. The van der Waals surface area contributed by atoms with Gasteiger partial charge in [0.1, 0.15) is 34.2 Å². The number of benzene rings is 6. The van der Waals surface area contributed by atoms with Gasteiger partial charge in [-0.15, -0.1) is 0 Å². The first-order chi connectivity index (χ1) is 42.0. The van der Waals surface area contributed by atoms with Gasteiger partial charge in [-0.05, 0) is 147 Å². The van der Waals surface area contributed by atoms with Gasteiger partial charge in [0.05, 0.1) is 12.5 Å². The summed E-state index contributed by atoms with van der Waals surface area (Å²) in [6, 6.07) is 40.6. The summed E-state index contributed by atoms with van der Waals surface area (Å²) in [5.74, 6) is -9.47. The summed E-state index contributed by atoms with van der Waals surface area (Å²) in [5, 5.41) is 29.4. The topological polar surface area (TPSA) is 197 Å². The van der Waals surface area contributed by atoms with Crippen LogP contribution in [0, 0.1) is 61.0 Å². The number of hydrogen-bond donors (Lipinski definition) is 4. The smallest absolute Gasteiger partial charge is 0.210 e. The van der Waals surface area contributed by atoms with Gasteiger partial charge in [0.2, 0.25) is 20.0 Å². The average molecular weight is 1240 g/mol. The van der Waals surface area contributed by atoms with E-state index >= 15 is 23.2 Å². The number of aromatic hydroxyl groups is 2. The van der Waals surface area contributed by atoms with Gasteiger partial charge in [0, 0.05) is 100.0 Å². The fourth-order valence-corrected chi connectivity index (χ4v) is 16.6. The van der Waals surface area contributed by atoms with Crippen LogP contribution < -0.4 is 10.6 Å². The Hall–Kier alpha value is -6.55. The van der Waals surface area contributed by atoms with Crippen LogP contribution >= 0.6 is 0 Å². The van der Waals surface area contributed by atoms with Crippen LogP contribution in [0.25, 0.3) is 0 Å². The molecule has 10 atom stereocenters. The Morgan fingerprint density at radius 2 is 0.932 bits per heavy atom. The van der Waals surface area contributed by atoms with E-state index in [1.54, 1.807) is 50.2 Å². The lowest BCUT2D eigenvalue weighted by Gasteiger charge is -2.66. The number of piperidine rings is 4. The first kappa shape index (κ1) is 64.4. The van der Waals surface area contributed by atoms with E-state index in [1.807, 2.05) is 82.6 Å². The zero-order valence-corrected chi connectivity index (χ0v) is 52.6. The largest absolute Gasteiger partial charge is 0.508 e. The average Bonchev–Trinajstić information content (AvgIpc) is 0.680. The molecule has 0 saturated carbocycles. The molecule has 4 heterocycles. The van der Waals surface area contributed by atoms with Crippen LogP contribution in [0.3, 0.4) is 0 Å². The Morgan fingerprint density at radius 1 is 0.557 bits per heavy atom. The fraction of sp³-hybridized carbons (Fsp3) is 0.435. The third kappa shape index (κ3) is 12.3. The van der Waals surface area contributed by atoms with E-state index in [-0.39, 0.29) is 84.6 Å². The highest BCUT2D eigenvalue weighted by molar-refractivity contribution is 7.88. The zero-order valence-electron chi connectivity index (χ0n) is 51.0. The highest BCUT2D eigenvalue weighted by Gasteiger charge is 2.71. The fourth-order valence-electron chi connectivity index (χ4n) is 15.8. The van der Waals surface area contributed by atoms with Gasteiger partial charge in [0.25, 0.3) is 0 Å². The van der Waals surface area contributed by atoms with Crippen molar-refractivity contribution < 1.29 is 50.2 Å². The minimum atomic E-state index is -3.89. The second-order valence-corrected chi connectivity index (χ2v) is 29.1. The van der Waals surface area contributed by atoms with Crippen LogP contribution in [-0.2, 0) is 35.9 Å². The van der Waals surface area contributed by atoms with E-state index in [0.29, 0.717) is 74.1 Å². The molecule has 0 aliphatic carbocycles. The number of likely N-dealkylation sites (tertiary alicyclic amines) is 2. The van der Waals surface area contributed by atoms with Crippen molar-refractivity contribution in [3.8, 4) is 11.5 Å². The number of carbonyl (C=O) groups excluding carboxylic acids is 3. The third-order valence-electron chi connectivity index (χ3n) is 20.0. The van der Waals surface area contributed by atoms with Crippen molar-refractivity contribution in [2.24, 2.45) is 35.5 Å². The lowest BCUT2D eigenvalue weighted by molar-refractivity contribution is -0.176. The molecule has 19 heteroatoms. The number of carbonyl (C=O) groups is 3. The molecule has 10 rings (SSSR count). The molecule has 0 spiro atoms. The summed E-state index contributed by atoms with van der Waals surface area (Å²) in [7, 11) is -4.85. The Kier molecular flexibility index (Phi) is 19.4. The Balaban J connectivity index is 1.41. The number of sulfonamides is 2. The highest BCUT2D eigenvalue weighted by atomic mass is 32.2. The van der Waals surface area contributed by atoms with E-state index in [1.165, 1.54) is 59.1 Å². The number of nitrogens with zero attached hydrogens (tertiary/aromatic N) is 4. The van der Waals surface area contributed by atoms with Crippen molar-refractivity contribution in [1.82, 2.24) is 29.0 Å². The molecule has 468 valence electrons. The molecule has 88 heavy (non-hydrogen) atoms. The number of rotatable bonds is 20. The second-order valence-electron chi connectivity index (χ2n) is 24.9. The van der Waals surface area contributed by atoms with Gasteiger partial charge in [-0.2, -0.15) is 0 Å². The standard InChI is InChI=1S/C69H82F2N6O9S2/c1-45-55(29-15-31-59(45)70)61-57(65(80)47-19-13-27-53(78)39-47)43-76(37-35-74(3)87(5,83)84)68(51-23-9-7-10-24-51,63(61)49-21-17-33-72-41-49)67(82)69(52-25-11-8-12-26-52)64(50-22-18-34-73-42-50)62(56-30-16-32-60(71)46(56)2)58(66(81)48-20-14-28-54(79)40-48)44-77(69)38-36-75(4)88(6,85)86/h7-16,19-20,23-32,39-40,49-50,57-58,61-64,72-73,78-79H,17-18,21-22,33-38,41-44H2,1-6H3/t49-,50-,57+,58+,61-,62-,63+,64+,68+,69+/m1/s1. The number of phenolic OH excluding ortho intramolecular Hbond substituents is 2. The maximum atomic E-state index is 19.7. The first-order valence-electron chi connectivity index (χ1n) is 30.6. The van der Waals surface area contributed by atoms with Gasteiger partial charge < -0.3 is 20.8 Å². The number of nitrogens with one attached hydrogen (secondary N) is 2. The van der Waals surface area contributed by atoms with Gasteiger partial charge in [-0.1, -0.05) is 109 Å². The maximum Gasteiger partial charge on any atom is 0.210 e. The predicted octanol–water partition coefficient (Wildman–Crippen LogP) is 8.86. The summed E-state index contributed by atoms with van der Waals surface area (Å²) in [6.45, 7) is 4.42. The summed E-state index contributed by atoms with van der Waals surface area (Å²) in [6.07, 6.45) is 4.60. The summed E-state index contributed by atoms with van der Waals surface area (Å²) in [4.78, 5) is 56.0. The van der Waals surface area contributed by atoms with Crippen molar-refractivity contribution >= 4 is 37.4 Å². The van der Waals surface area contributed by atoms with Gasteiger partial charge in [0.15, 0.2) is 17.3 Å². The van der Waals surface area contributed by atoms with Crippen LogP contribution in [0.5, 0.6) is 11.5 Å². The number of Topliss-reactive ketones (excluding diaryl/α,β-unsaturated/α-hetero) is 3. The minimum Gasteiger partial charge on any atom is -0.508 e. The van der Waals surface area contributed by atoms with E-state index in [0.717, 1.165) is 12.5 Å². The van der Waals surface area contributed by atoms with Crippen molar-refractivity contribution in [3.63, 3.8) is 0 Å². The summed E-state index contributed by atoms with van der Waals surface area (Å²) < 4.78 is 91.2. The SMILES string of the molecule is Cc1c(F)cccc1[C@H]1[C@H]([C@@H]2CCCNC2)[C@](C(=O)[C@]2(c3ccccc3)[C@@H]([C@@H]3CCCNC3)[C@H](c3cccc(F)c3C)[C@@H](C(=O)c3cccc(O)c3)CN2CCN(C)S(C)(=O)=O)(c2ccccc2)N(CCN(C)S(C)(=O)=O)C[C@@H]1C(=O)c1cccc(O)c1. The van der Waals surface area contributed by atoms with Crippen LogP contribution in [0.2, 0.25) is 0 Å². The lowest BCUT2D eigenvalue weighted by Crippen LogP contribution is -2.76. The zero-order chi connectivity index (χ0) is 62.9. The Labute approximate surface area is 517 Å². The third-order valence-corrected chi connectivity index (χ3v) is 22.6. The van der Waals surface area contributed by atoms with Crippen molar-refractivity contribution in [2.45, 2.75) is 62.4 Å². The molecule has 4 aliphatic rings. The van der Waals surface area contributed by atoms with Gasteiger partial charge in [-0.25, -0.2) is 34.2 Å². The van der Waals surface area contributed by atoms with E-state index in [2.05, 4.69) is 10.6 Å². The normalized spacial score (nSPS) is 26.7. The molecule has 6 aromatic rings. The lowest BCUT2D eigenvalue weighted by atomic mass is 9.47. The molecule has 0 bridgehead atoms. The molecule has 0 amide bonds. The molecule has 0 radical (unpaired) electrons. The number of ketones is 3. The summed E-state index contributed by atoms with van der Waals surface area (Å²) >= 11 is 0. The number of hydrogen-bond acceptors (Lipinski definition) is 13. The first-order valence-corrected chi connectivity index (χ1v) is 34.3. The highest BCUT2D eigenvalue weighted by Crippen LogP contribution is 2.64. The molecule has 0 aromatic heterocycles. The molecule has 15 nitrogen and oxygen atoms in total. The molecule has 0 unspecified atom stereocenters. The second kappa shape index (κ2) is 26.5. The Bertz CT molecular complexity index is 3500. The molecular weight excluding hydrogens is 1160 g/mol. The number of phenols is 2. The molecule has 4 saturated heterocycles. The van der Waals surface area contributed by atoms with Crippen LogP contribution in [0.1, 0.15) is 91.6 Å². The maximum absolute atomic E-state index is 19.7. The number of likely N-dealkylation sites (N-methyl/N-ethyl adjacent to an activating group) is 2. The quantitative estimate of drug-likeness (QED) is 0.0530. The van der Waals surface area contributed by atoms with Crippen molar-refractivity contribution in [1.29, 1.82) is 0 Å². The van der Waals surface area contributed by atoms with Crippen molar-refractivity contribution in [2.75, 3.05) is 92.1 Å². The molecule has 4 N–H and O–H groups in total. The monoisotopic (exact) mass is 1240 g/mol. The minimum absolute atomic E-state index is 0.123. The van der Waals surface area contributed by atoms with Crippen LogP contribution in [0.4, 0.5) is 8.78 Å².